The van der Waals surface area contributed by atoms with Crippen LogP contribution in [0.4, 0.5) is 0 Å². The van der Waals surface area contributed by atoms with Crippen LogP contribution in [0.3, 0.4) is 0 Å². The van der Waals surface area contributed by atoms with Crippen LogP contribution >= 0.6 is 0 Å². The minimum atomic E-state index is -0.847. The second-order valence-electron chi connectivity index (χ2n) is 4.84. The van der Waals surface area contributed by atoms with Crippen LogP contribution in [0.15, 0.2) is 12.5 Å². The van der Waals surface area contributed by atoms with Crippen LogP contribution in [0, 0.1) is 5.92 Å². The molecule has 0 amide bonds. The number of rotatable bonds is 4. The molecule has 0 aliphatic rings. The fourth-order valence-electron chi connectivity index (χ4n) is 2.38. The zero-order chi connectivity index (χ0) is 14.2. The van der Waals surface area contributed by atoms with Gasteiger partial charge in [-0.25, -0.2) is 4.98 Å². The van der Waals surface area contributed by atoms with E-state index in [1.807, 2.05) is 25.5 Å². The Morgan fingerprint density at radius 1 is 1.42 bits per heavy atom. The Kier molecular flexibility index (Phi) is 3.42. The van der Waals surface area contributed by atoms with E-state index in [2.05, 4.69) is 9.97 Å². The number of carboxylic acids is 1. The van der Waals surface area contributed by atoms with Crippen molar-refractivity contribution in [2.75, 3.05) is 7.11 Å². The number of hydrogen-bond acceptors (Lipinski definition) is 4. The van der Waals surface area contributed by atoms with Crippen LogP contribution in [0.2, 0.25) is 0 Å². The summed E-state index contributed by atoms with van der Waals surface area (Å²) in [6.07, 6.45) is 3.19. The van der Waals surface area contributed by atoms with E-state index < -0.39 is 11.9 Å². The normalized spacial score (nSPS) is 12.9. The quantitative estimate of drug-likeness (QED) is 0.910. The molecule has 0 aromatic carbocycles. The van der Waals surface area contributed by atoms with Gasteiger partial charge in [-0.1, -0.05) is 13.8 Å². The highest BCUT2D eigenvalue weighted by Crippen LogP contribution is 2.33. The molecule has 1 unspecified atom stereocenters. The first-order valence-electron chi connectivity index (χ1n) is 6.04. The van der Waals surface area contributed by atoms with Crippen molar-refractivity contribution in [2.45, 2.75) is 19.8 Å². The van der Waals surface area contributed by atoms with E-state index in [1.54, 1.807) is 6.20 Å². The van der Waals surface area contributed by atoms with Crippen molar-refractivity contribution in [1.29, 1.82) is 0 Å². The molecule has 1 atom stereocenters. The summed E-state index contributed by atoms with van der Waals surface area (Å²) < 4.78 is 7.01. The van der Waals surface area contributed by atoms with E-state index in [0.29, 0.717) is 22.5 Å². The maximum atomic E-state index is 11.5. The molecule has 0 saturated heterocycles. The van der Waals surface area contributed by atoms with E-state index in [-0.39, 0.29) is 5.92 Å². The van der Waals surface area contributed by atoms with Gasteiger partial charge in [-0.2, -0.15) is 4.98 Å². The minimum Gasteiger partial charge on any atom is -0.481 e. The van der Waals surface area contributed by atoms with Crippen molar-refractivity contribution in [1.82, 2.24) is 14.5 Å². The summed E-state index contributed by atoms with van der Waals surface area (Å²) >= 11 is 0. The lowest BCUT2D eigenvalue weighted by Crippen LogP contribution is -2.17. The first kappa shape index (κ1) is 13.3. The van der Waals surface area contributed by atoms with E-state index in [0.717, 1.165) is 0 Å². The molecule has 2 aromatic rings. The van der Waals surface area contributed by atoms with E-state index in [9.17, 15) is 9.90 Å². The molecule has 1 N–H and O–H groups in total. The zero-order valence-corrected chi connectivity index (χ0v) is 11.4. The number of aryl methyl sites for hydroxylation is 1. The summed E-state index contributed by atoms with van der Waals surface area (Å²) in [5.74, 6) is -1.01. The molecule has 0 aliphatic carbocycles. The largest absolute Gasteiger partial charge is 0.481 e. The number of ether oxygens (including phenoxy) is 1. The standard InChI is InChI=1S/C13H17N3O3/c1-7(2)9(13(17)18)8-5-16(3)11-10(8)14-6-15-12(11)19-4/h5-7,9H,1-4H3,(H,17,18). The van der Waals surface area contributed by atoms with Crippen molar-refractivity contribution in [3.63, 3.8) is 0 Å². The van der Waals surface area contributed by atoms with Gasteiger partial charge in [0.15, 0.2) is 0 Å². The second kappa shape index (κ2) is 4.87. The molecule has 19 heavy (non-hydrogen) atoms. The predicted octanol–water partition coefficient (Wildman–Crippen LogP) is 1.80. The van der Waals surface area contributed by atoms with Crippen LogP contribution in [0.25, 0.3) is 11.0 Å². The number of hydrogen-bond donors (Lipinski definition) is 1. The summed E-state index contributed by atoms with van der Waals surface area (Å²) in [6.45, 7) is 3.77. The molecule has 2 rings (SSSR count). The summed E-state index contributed by atoms with van der Waals surface area (Å²) in [5, 5.41) is 9.41. The number of carboxylic acid groups (broad SMARTS) is 1. The third-order valence-corrected chi connectivity index (χ3v) is 3.21. The third-order valence-electron chi connectivity index (χ3n) is 3.21. The van der Waals surface area contributed by atoms with Crippen LogP contribution in [0.5, 0.6) is 5.88 Å². The number of nitrogens with zero attached hydrogens (tertiary/aromatic N) is 3. The molecule has 6 nitrogen and oxygen atoms in total. The molecule has 2 heterocycles. The summed E-state index contributed by atoms with van der Waals surface area (Å²) in [6, 6.07) is 0. The molecule has 2 aromatic heterocycles. The third kappa shape index (κ3) is 2.14. The molecule has 102 valence electrons. The van der Waals surface area contributed by atoms with Crippen LogP contribution in [-0.2, 0) is 11.8 Å². The highest BCUT2D eigenvalue weighted by molar-refractivity contribution is 5.89. The molecule has 0 bridgehead atoms. The predicted molar refractivity (Wildman–Crippen MR) is 70.3 cm³/mol. The Labute approximate surface area is 111 Å². The molecule has 0 radical (unpaired) electrons. The van der Waals surface area contributed by atoms with E-state index in [1.165, 1.54) is 13.4 Å². The number of aliphatic carboxylic acids is 1. The van der Waals surface area contributed by atoms with Gasteiger partial charge in [-0.3, -0.25) is 4.79 Å². The van der Waals surface area contributed by atoms with Gasteiger partial charge in [0.05, 0.1) is 18.5 Å². The van der Waals surface area contributed by atoms with Gasteiger partial charge in [0.1, 0.15) is 11.8 Å². The smallest absolute Gasteiger partial charge is 0.311 e. The summed E-state index contributed by atoms with van der Waals surface area (Å²) in [5.41, 5.74) is 2.04. The van der Waals surface area contributed by atoms with Gasteiger partial charge in [0.2, 0.25) is 5.88 Å². The highest BCUT2D eigenvalue weighted by atomic mass is 16.5. The zero-order valence-electron chi connectivity index (χ0n) is 11.4. The van der Waals surface area contributed by atoms with Gasteiger partial charge in [0, 0.05) is 18.8 Å². The number of fused-ring (bicyclic) bond motifs is 1. The Morgan fingerprint density at radius 2 is 2.11 bits per heavy atom. The van der Waals surface area contributed by atoms with Crippen molar-refractivity contribution in [3.8, 4) is 5.88 Å². The lowest BCUT2D eigenvalue weighted by molar-refractivity contribution is -0.139. The Hall–Kier alpha value is -2.11. The lowest BCUT2D eigenvalue weighted by Gasteiger charge is -2.14. The van der Waals surface area contributed by atoms with Crippen molar-refractivity contribution in [2.24, 2.45) is 13.0 Å². The average molecular weight is 263 g/mol. The minimum absolute atomic E-state index is 0.0240. The van der Waals surface area contributed by atoms with Gasteiger partial charge in [-0.15, -0.1) is 0 Å². The van der Waals surface area contributed by atoms with Crippen LogP contribution in [-0.4, -0.2) is 32.7 Å². The average Bonchev–Trinajstić information content (AvgIpc) is 2.66. The number of aromatic nitrogens is 3. The molecule has 0 fully saturated rings. The Balaban J connectivity index is 2.72. The fourth-order valence-corrected chi connectivity index (χ4v) is 2.38. The molecule has 6 heteroatoms. The summed E-state index contributed by atoms with van der Waals surface area (Å²) in [4.78, 5) is 19.7. The maximum absolute atomic E-state index is 11.5. The van der Waals surface area contributed by atoms with Crippen LogP contribution < -0.4 is 4.74 Å². The van der Waals surface area contributed by atoms with Gasteiger partial charge >= 0.3 is 5.97 Å². The molecule has 0 saturated carbocycles. The molecule has 0 aliphatic heterocycles. The van der Waals surface area contributed by atoms with Gasteiger partial charge < -0.3 is 14.4 Å². The second-order valence-corrected chi connectivity index (χ2v) is 4.84. The lowest BCUT2D eigenvalue weighted by atomic mass is 9.89. The number of carbonyl (C=O) groups is 1. The first-order chi connectivity index (χ1) is 8.97. The van der Waals surface area contributed by atoms with Crippen molar-refractivity contribution >= 4 is 17.0 Å². The Bertz CT molecular complexity index is 619. The fraction of sp³-hybridized carbons (Fsp3) is 0.462. The van der Waals surface area contributed by atoms with Crippen molar-refractivity contribution < 1.29 is 14.6 Å². The monoisotopic (exact) mass is 263 g/mol. The summed E-state index contributed by atoms with van der Waals surface area (Å²) in [7, 11) is 3.36. The van der Waals surface area contributed by atoms with Crippen molar-refractivity contribution in [3.05, 3.63) is 18.1 Å². The van der Waals surface area contributed by atoms with E-state index in [4.69, 9.17) is 4.74 Å². The topological polar surface area (TPSA) is 77.2 Å². The maximum Gasteiger partial charge on any atom is 0.311 e. The number of methoxy groups -OCH3 is 1. The molecular weight excluding hydrogens is 246 g/mol. The highest BCUT2D eigenvalue weighted by Gasteiger charge is 2.28. The molecule has 0 spiro atoms. The first-order valence-corrected chi connectivity index (χ1v) is 6.04. The SMILES string of the molecule is COc1ncnc2c(C(C(=O)O)C(C)C)cn(C)c12. The van der Waals surface area contributed by atoms with Gasteiger partial charge in [-0.05, 0) is 5.92 Å². The Morgan fingerprint density at radius 3 is 2.63 bits per heavy atom. The van der Waals surface area contributed by atoms with Gasteiger partial charge in [0.25, 0.3) is 0 Å². The van der Waals surface area contributed by atoms with Crippen LogP contribution in [0.1, 0.15) is 25.3 Å². The van der Waals surface area contributed by atoms with E-state index >= 15 is 0 Å². The molecular formula is C13H17N3O3.